The van der Waals surface area contributed by atoms with E-state index in [4.69, 9.17) is 4.52 Å². The summed E-state index contributed by atoms with van der Waals surface area (Å²) in [6, 6.07) is 6.44. The highest BCUT2D eigenvalue weighted by Crippen LogP contribution is 2.30. The highest BCUT2D eigenvalue weighted by Gasteiger charge is 2.28. The van der Waals surface area contributed by atoms with Crippen molar-refractivity contribution in [2.75, 3.05) is 13.1 Å². The SMILES string of the molecule is Cc1noc(C)c1-c1nccnc1CC1CCN(C(=O)Cc2ccccc2F)C1. The molecule has 0 radical (unpaired) electrons. The minimum absolute atomic E-state index is 0.0392. The van der Waals surface area contributed by atoms with Crippen molar-refractivity contribution in [2.24, 2.45) is 5.92 Å². The van der Waals surface area contributed by atoms with Crippen LogP contribution in [0.1, 0.15) is 29.1 Å². The molecule has 4 rings (SSSR count). The number of hydrogen-bond acceptors (Lipinski definition) is 5. The number of hydrogen-bond donors (Lipinski definition) is 0. The average molecular weight is 394 g/mol. The van der Waals surface area contributed by atoms with Crippen LogP contribution in [0.15, 0.2) is 41.2 Å². The molecule has 1 aromatic carbocycles. The van der Waals surface area contributed by atoms with Crippen molar-refractivity contribution >= 4 is 5.91 Å². The quantitative estimate of drug-likeness (QED) is 0.662. The Morgan fingerprint density at radius 1 is 1.24 bits per heavy atom. The first kappa shape index (κ1) is 19.2. The molecular weight excluding hydrogens is 371 g/mol. The summed E-state index contributed by atoms with van der Waals surface area (Å²) in [5.41, 5.74) is 3.79. The van der Waals surface area contributed by atoms with E-state index in [-0.39, 0.29) is 24.1 Å². The molecule has 150 valence electrons. The van der Waals surface area contributed by atoms with Crippen LogP contribution in [0.4, 0.5) is 4.39 Å². The molecule has 6 nitrogen and oxygen atoms in total. The molecule has 7 heteroatoms. The van der Waals surface area contributed by atoms with E-state index in [1.807, 2.05) is 18.7 Å². The number of rotatable bonds is 5. The molecule has 3 heterocycles. The van der Waals surface area contributed by atoms with Crippen molar-refractivity contribution in [3.05, 3.63) is 65.2 Å². The standard InChI is InChI=1S/C22H23FN4O2/c1-14-21(15(2)29-26-14)22-19(24-8-9-25-22)11-16-7-10-27(13-16)20(28)12-17-5-3-4-6-18(17)23/h3-6,8-9,16H,7,10-13H2,1-2H3. The Labute approximate surface area is 168 Å². The third-order valence-corrected chi connectivity index (χ3v) is 5.46. The van der Waals surface area contributed by atoms with Crippen LogP contribution in [0, 0.1) is 25.6 Å². The van der Waals surface area contributed by atoms with Gasteiger partial charge in [-0.05, 0) is 44.2 Å². The summed E-state index contributed by atoms with van der Waals surface area (Å²) in [4.78, 5) is 23.5. The smallest absolute Gasteiger partial charge is 0.227 e. The largest absolute Gasteiger partial charge is 0.361 e. The lowest BCUT2D eigenvalue weighted by Gasteiger charge is -2.17. The minimum Gasteiger partial charge on any atom is -0.361 e. The fourth-order valence-corrected chi connectivity index (χ4v) is 3.96. The fraction of sp³-hybridized carbons (Fsp3) is 0.364. The first-order chi connectivity index (χ1) is 14.0. The number of aryl methyl sites for hydroxylation is 2. The molecule has 2 aromatic heterocycles. The van der Waals surface area contributed by atoms with Gasteiger partial charge >= 0.3 is 0 Å². The zero-order chi connectivity index (χ0) is 20.4. The van der Waals surface area contributed by atoms with E-state index >= 15 is 0 Å². The van der Waals surface area contributed by atoms with Gasteiger partial charge < -0.3 is 9.42 Å². The Balaban J connectivity index is 1.45. The van der Waals surface area contributed by atoms with E-state index in [1.54, 1.807) is 30.6 Å². The van der Waals surface area contributed by atoms with Crippen LogP contribution in [0.2, 0.25) is 0 Å². The monoisotopic (exact) mass is 394 g/mol. The predicted octanol–water partition coefficient (Wildman–Crippen LogP) is 3.52. The van der Waals surface area contributed by atoms with Crippen molar-refractivity contribution in [3.63, 3.8) is 0 Å². The van der Waals surface area contributed by atoms with Gasteiger partial charge in [-0.25, -0.2) is 4.39 Å². The molecule has 1 amide bonds. The Kier molecular flexibility index (Phi) is 5.38. The average Bonchev–Trinajstić information content (AvgIpc) is 3.31. The molecular formula is C22H23FN4O2. The third kappa shape index (κ3) is 4.04. The molecule has 0 N–H and O–H groups in total. The van der Waals surface area contributed by atoms with Crippen molar-refractivity contribution in [1.82, 2.24) is 20.0 Å². The zero-order valence-electron chi connectivity index (χ0n) is 16.6. The summed E-state index contributed by atoms with van der Waals surface area (Å²) in [5, 5.41) is 4.02. The Hall–Kier alpha value is -3.09. The lowest BCUT2D eigenvalue weighted by atomic mass is 9.98. The second kappa shape index (κ2) is 8.11. The van der Waals surface area contributed by atoms with Crippen molar-refractivity contribution in [3.8, 4) is 11.3 Å². The number of aromatic nitrogens is 3. The highest BCUT2D eigenvalue weighted by atomic mass is 19.1. The van der Waals surface area contributed by atoms with Gasteiger partial charge in [0, 0.05) is 25.5 Å². The van der Waals surface area contributed by atoms with E-state index in [0.29, 0.717) is 18.7 Å². The van der Waals surface area contributed by atoms with Crippen molar-refractivity contribution in [2.45, 2.75) is 33.1 Å². The molecule has 3 aromatic rings. The summed E-state index contributed by atoms with van der Waals surface area (Å²) < 4.78 is 19.1. The molecule has 1 aliphatic rings. The van der Waals surface area contributed by atoms with E-state index in [0.717, 1.165) is 41.2 Å². The molecule has 1 saturated heterocycles. The molecule has 0 spiro atoms. The lowest BCUT2D eigenvalue weighted by molar-refractivity contribution is -0.129. The first-order valence-corrected chi connectivity index (χ1v) is 9.77. The third-order valence-electron chi connectivity index (χ3n) is 5.46. The van der Waals surface area contributed by atoms with Crippen molar-refractivity contribution < 1.29 is 13.7 Å². The van der Waals surface area contributed by atoms with E-state index in [9.17, 15) is 9.18 Å². The number of halogens is 1. The summed E-state index contributed by atoms with van der Waals surface area (Å²) in [6.07, 6.45) is 5.06. The molecule has 1 aliphatic heterocycles. The molecule has 29 heavy (non-hydrogen) atoms. The van der Waals surface area contributed by atoms with Gasteiger partial charge in [0.2, 0.25) is 5.91 Å². The molecule has 0 saturated carbocycles. The van der Waals surface area contributed by atoms with E-state index in [2.05, 4.69) is 15.1 Å². The number of nitrogens with zero attached hydrogens (tertiary/aromatic N) is 4. The maximum absolute atomic E-state index is 13.8. The minimum atomic E-state index is -0.333. The van der Waals surface area contributed by atoms with Gasteiger partial charge in [0.15, 0.2) is 0 Å². The summed E-state index contributed by atoms with van der Waals surface area (Å²) >= 11 is 0. The topological polar surface area (TPSA) is 72.1 Å². The first-order valence-electron chi connectivity index (χ1n) is 9.77. The molecule has 1 unspecified atom stereocenters. The molecule has 0 bridgehead atoms. The van der Waals surface area contributed by atoms with Gasteiger partial charge in [-0.15, -0.1) is 0 Å². The number of amides is 1. The van der Waals surface area contributed by atoms with E-state index in [1.165, 1.54) is 6.07 Å². The lowest BCUT2D eigenvalue weighted by Crippen LogP contribution is -2.30. The summed E-state index contributed by atoms with van der Waals surface area (Å²) in [5.74, 6) is 0.635. The summed E-state index contributed by atoms with van der Waals surface area (Å²) in [7, 11) is 0. The maximum Gasteiger partial charge on any atom is 0.227 e. The van der Waals surface area contributed by atoms with Crippen LogP contribution in [-0.2, 0) is 17.6 Å². The van der Waals surface area contributed by atoms with Crippen LogP contribution in [0.25, 0.3) is 11.3 Å². The van der Waals surface area contributed by atoms with Crippen LogP contribution < -0.4 is 0 Å². The highest BCUT2D eigenvalue weighted by molar-refractivity contribution is 5.79. The molecule has 1 atom stereocenters. The number of likely N-dealkylation sites (tertiary alicyclic amines) is 1. The van der Waals surface area contributed by atoms with Gasteiger partial charge in [0.05, 0.1) is 29.1 Å². The van der Waals surface area contributed by atoms with E-state index < -0.39 is 0 Å². The Morgan fingerprint density at radius 2 is 2.03 bits per heavy atom. The van der Waals surface area contributed by atoms with Crippen LogP contribution >= 0.6 is 0 Å². The Morgan fingerprint density at radius 3 is 2.79 bits per heavy atom. The number of carbonyl (C=O) groups is 1. The second-order valence-electron chi connectivity index (χ2n) is 7.52. The maximum atomic E-state index is 13.8. The van der Waals surface area contributed by atoms with Crippen LogP contribution in [0.5, 0.6) is 0 Å². The summed E-state index contributed by atoms with van der Waals surface area (Å²) in [6.45, 7) is 5.08. The Bertz CT molecular complexity index is 1010. The van der Waals surface area contributed by atoms with Gasteiger partial charge in [-0.3, -0.25) is 14.8 Å². The van der Waals surface area contributed by atoms with Gasteiger partial charge in [-0.2, -0.15) is 0 Å². The van der Waals surface area contributed by atoms with Crippen molar-refractivity contribution in [1.29, 1.82) is 0 Å². The van der Waals surface area contributed by atoms with Gasteiger partial charge in [0.25, 0.3) is 0 Å². The number of carbonyl (C=O) groups excluding carboxylic acids is 1. The van der Waals surface area contributed by atoms with Crippen LogP contribution in [0.3, 0.4) is 0 Å². The normalized spacial score (nSPS) is 16.4. The number of benzene rings is 1. The molecule has 0 aliphatic carbocycles. The zero-order valence-corrected chi connectivity index (χ0v) is 16.6. The van der Waals surface area contributed by atoms with Gasteiger partial charge in [0.1, 0.15) is 11.6 Å². The van der Waals surface area contributed by atoms with Crippen LogP contribution in [-0.4, -0.2) is 39.0 Å². The fourth-order valence-electron chi connectivity index (χ4n) is 3.96. The van der Waals surface area contributed by atoms with Gasteiger partial charge in [-0.1, -0.05) is 23.4 Å². The predicted molar refractivity (Wildman–Crippen MR) is 105 cm³/mol. The second-order valence-corrected chi connectivity index (χ2v) is 7.52. The molecule has 1 fully saturated rings.